The van der Waals surface area contributed by atoms with Gasteiger partial charge in [0, 0.05) is 18.7 Å². The highest BCUT2D eigenvalue weighted by Gasteiger charge is 2.15. The number of fused-ring (bicyclic) bond motifs is 1. The van der Waals surface area contributed by atoms with Gasteiger partial charge in [0.2, 0.25) is 0 Å². The lowest BCUT2D eigenvalue weighted by Crippen LogP contribution is -2.23. The second kappa shape index (κ2) is 5.94. The molecular formula is C13H14F2N4O. The van der Waals surface area contributed by atoms with Gasteiger partial charge in [0.25, 0.3) is 0 Å². The molecule has 7 heteroatoms. The molecule has 0 bridgehead atoms. The highest BCUT2D eigenvalue weighted by molar-refractivity contribution is 5.76. The fourth-order valence-electron chi connectivity index (χ4n) is 2.03. The van der Waals surface area contributed by atoms with E-state index in [9.17, 15) is 8.78 Å². The number of halogens is 2. The Morgan fingerprint density at radius 2 is 2.10 bits per heavy atom. The third-order valence-corrected chi connectivity index (χ3v) is 2.99. The van der Waals surface area contributed by atoms with Crippen LogP contribution in [0.25, 0.3) is 11.0 Å². The quantitative estimate of drug-likeness (QED) is 0.895. The second-order valence-corrected chi connectivity index (χ2v) is 4.49. The first-order chi connectivity index (χ1) is 9.56. The van der Waals surface area contributed by atoms with Gasteiger partial charge in [-0.25, -0.2) is 13.8 Å². The molecule has 1 N–H and O–H groups in total. The van der Waals surface area contributed by atoms with E-state index in [0.29, 0.717) is 29.9 Å². The summed E-state index contributed by atoms with van der Waals surface area (Å²) < 4.78 is 28.1. The summed E-state index contributed by atoms with van der Waals surface area (Å²) >= 11 is 0. The number of aliphatic hydroxyl groups is 1. The Labute approximate surface area is 114 Å². The number of rotatable bonds is 5. The van der Waals surface area contributed by atoms with Gasteiger partial charge < -0.3 is 9.67 Å². The first kappa shape index (κ1) is 14.4. The number of hydrogen-bond donors (Lipinski definition) is 1. The molecule has 0 aliphatic heterocycles. The maximum Gasteiger partial charge on any atom is 0.161 e. The largest absolute Gasteiger partial charge is 0.395 e. The van der Waals surface area contributed by atoms with Crippen LogP contribution in [0, 0.1) is 23.0 Å². The lowest BCUT2D eigenvalue weighted by Gasteiger charge is -2.14. The Bertz CT molecular complexity index is 662. The fraction of sp³-hybridized carbons (Fsp3) is 0.385. The van der Waals surface area contributed by atoms with Gasteiger partial charge in [0.15, 0.2) is 11.6 Å². The number of nitrogens with zero attached hydrogens (tertiary/aromatic N) is 4. The Hall–Kier alpha value is -2.04. The minimum absolute atomic E-state index is 0.00175. The van der Waals surface area contributed by atoms with Crippen LogP contribution in [0.4, 0.5) is 8.78 Å². The third kappa shape index (κ3) is 2.76. The van der Waals surface area contributed by atoms with Crippen LogP contribution in [0.5, 0.6) is 0 Å². The lowest BCUT2D eigenvalue weighted by atomic mass is 10.3. The number of likely N-dealkylation sites (N-methyl/N-ethyl adjacent to an activating group) is 1. The lowest BCUT2D eigenvalue weighted by molar-refractivity contribution is 0.213. The minimum atomic E-state index is -0.966. The number of hydrogen-bond acceptors (Lipinski definition) is 4. The first-order valence-electron chi connectivity index (χ1n) is 6.07. The number of nitriles is 1. The molecule has 2 aromatic rings. The van der Waals surface area contributed by atoms with Crippen LogP contribution in [0.2, 0.25) is 0 Å². The molecule has 0 radical (unpaired) electrons. The van der Waals surface area contributed by atoms with Crippen molar-refractivity contribution in [1.82, 2.24) is 14.5 Å². The molecule has 0 saturated heterocycles. The molecule has 0 aliphatic carbocycles. The molecule has 0 unspecified atom stereocenters. The van der Waals surface area contributed by atoms with Crippen molar-refractivity contribution >= 4 is 11.0 Å². The number of aromatic nitrogens is 2. The molecule has 1 heterocycles. The molecule has 5 nitrogen and oxygen atoms in total. The van der Waals surface area contributed by atoms with E-state index in [1.165, 1.54) is 0 Å². The average Bonchev–Trinajstić information content (AvgIpc) is 2.69. The average molecular weight is 280 g/mol. The summed E-state index contributed by atoms with van der Waals surface area (Å²) in [6.07, 6.45) is 0. The summed E-state index contributed by atoms with van der Waals surface area (Å²) in [7, 11) is 1.79. The van der Waals surface area contributed by atoms with E-state index in [1.54, 1.807) is 11.6 Å². The van der Waals surface area contributed by atoms with Crippen LogP contribution in [0.1, 0.15) is 5.82 Å². The zero-order valence-electron chi connectivity index (χ0n) is 11.0. The monoisotopic (exact) mass is 280 g/mol. The van der Waals surface area contributed by atoms with Crippen molar-refractivity contribution in [2.24, 2.45) is 0 Å². The maximum absolute atomic E-state index is 13.3. The minimum Gasteiger partial charge on any atom is -0.395 e. The highest BCUT2D eigenvalue weighted by atomic mass is 19.2. The van der Waals surface area contributed by atoms with Crippen LogP contribution in [0.3, 0.4) is 0 Å². The smallest absolute Gasteiger partial charge is 0.161 e. The van der Waals surface area contributed by atoms with Crippen molar-refractivity contribution < 1.29 is 13.9 Å². The molecule has 0 amide bonds. The van der Waals surface area contributed by atoms with Gasteiger partial charge in [-0.1, -0.05) is 0 Å². The zero-order chi connectivity index (χ0) is 14.7. The molecule has 0 atom stereocenters. The van der Waals surface area contributed by atoms with E-state index < -0.39 is 11.6 Å². The summed E-state index contributed by atoms with van der Waals surface area (Å²) in [4.78, 5) is 6.04. The van der Waals surface area contributed by atoms with E-state index in [4.69, 9.17) is 10.4 Å². The molecule has 0 spiro atoms. The van der Waals surface area contributed by atoms with E-state index in [0.717, 1.165) is 12.1 Å². The Morgan fingerprint density at radius 1 is 1.40 bits per heavy atom. The summed E-state index contributed by atoms with van der Waals surface area (Å²) in [6.45, 7) is 0.820. The van der Waals surface area contributed by atoms with Gasteiger partial charge in [0.05, 0.1) is 30.3 Å². The van der Waals surface area contributed by atoms with Crippen molar-refractivity contribution in [1.29, 1.82) is 5.26 Å². The molecule has 0 saturated carbocycles. The SMILES string of the molecule is CN(CCO)Cc1nc2cc(F)c(F)cc2n1CC#N. The molecule has 0 aliphatic rings. The zero-order valence-corrected chi connectivity index (χ0v) is 11.0. The Morgan fingerprint density at radius 3 is 2.75 bits per heavy atom. The van der Waals surface area contributed by atoms with Crippen molar-refractivity contribution in [3.05, 3.63) is 29.6 Å². The topological polar surface area (TPSA) is 65.1 Å². The van der Waals surface area contributed by atoms with Crippen molar-refractivity contribution in [2.45, 2.75) is 13.1 Å². The van der Waals surface area contributed by atoms with E-state index in [-0.39, 0.29) is 13.2 Å². The molecule has 1 aromatic heterocycles. The molecular weight excluding hydrogens is 266 g/mol. The molecule has 1 aromatic carbocycles. The van der Waals surface area contributed by atoms with Gasteiger partial charge in [0.1, 0.15) is 12.4 Å². The van der Waals surface area contributed by atoms with E-state index in [2.05, 4.69) is 4.98 Å². The van der Waals surface area contributed by atoms with Gasteiger partial charge in [-0.05, 0) is 7.05 Å². The Balaban J connectivity index is 2.48. The molecule has 20 heavy (non-hydrogen) atoms. The van der Waals surface area contributed by atoms with Gasteiger partial charge in [-0.3, -0.25) is 4.90 Å². The standard InChI is InChI=1S/C13H14F2N4O/c1-18(4-5-20)8-13-17-11-6-9(14)10(15)7-12(11)19(13)3-2-16/h6-7,20H,3-5,8H2,1H3. The number of imidazole rings is 1. The third-order valence-electron chi connectivity index (χ3n) is 2.99. The van der Waals surface area contributed by atoms with E-state index >= 15 is 0 Å². The van der Waals surface area contributed by atoms with Crippen LogP contribution >= 0.6 is 0 Å². The number of aliphatic hydroxyl groups excluding tert-OH is 1. The van der Waals surface area contributed by atoms with Crippen LogP contribution < -0.4 is 0 Å². The predicted octanol–water partition coefficient (Wildman–Crippen LogP) is 1.26. The number of benzene rings is 1. The van der Waals surface area contributed by atoms with Crippen molar-refractivity contribution in [3.8, 4) is 6.07 Å². The molecule has 2 rings (SSSR count). The van der Waals surface area contributed by atoms with Crippen LogP contribution in [0.15, 0.2) is 12.1 Å². The first-order valence-corrected chi connectivity index (χ1v) is 6.07. The summed E-state index contributed by atoms with van der Waals surface area (Å²) in [5, 5.41) is 17.7. The highest BCUT2D eigenvalue weighted by Crippen LogP contribution is 2.20. The van der Waals surface area contributed by atoms with Crippen LogP contribution in [-0.4, -0.2) is 39.8 Å². The van der Waals surface area contributed by atoms with Crippen LogP contribution in [-0.2, 0) is 13.1 Å². The van der Waals surface area contributed by atoms with Crippen molar-refractivity contribution in [3.63, 3.8) is 0 Å². The van der Waals surface area contributed by atoms with Gasteiger partial charge in [-0.15, -0.1) is 0 Å². The molecule has 106 valence electrons. The normalized spacial score (nSPS) is 11.2. The predicted molar refractivity (Wildman–Crippen MR) is 68.7 cm³/mol. The molecule has 0 fully saturated rings. The van der Waals surface area contributed by atoms with Gasteiger partial charge >= 0.3 is 0 Å². The van der Waals surface area contributed by atoms with Crippen molar-refractivity contribution in [2.75, 3.05) is 20.2 Å². The fourth-order valence-corrected chi connectivity index (χ4v) is 2.03. The van der Waals surface area contributed by atoms with E-state index in [1.807, 2.05) is 11.0 Å². The second-order valence-electron chi connectivity index (χ2n) is 4.49. The summed E-state index contributed by atoms with van der Waals surface area (Å²) in [5.74, 6) is -1.40. The maximum atomic E-state index is 13.3. The van der Waals surface area contributed by atoms with Gasteiger partial charge in [-0.2, -0.15) is 5.26 Å². The summed E-state index contributed by atoms with van der Waals surface area (Å²) in [6, 6.07) is 4.05. The summed E-state index contributed by atoms with van der Waals surface area (Å²) in [5.41, 5.74) is 0.699. The Kier molecular flexibility index (Phi) is 4.27.